The van der Waals surface area contributed by atoms with Crippen molar-refractivity contribution in [2.75, 3.05) is 0 Å². The van der Waals surface area contributed by atoms with Crippen LogP contribution in [0.4, 0.5) is 0 Å². The van der Waals surface area contributed by atoms with Crippen LogP contribution >= 0.6 is 0 Å². The number of hydrogen-bond acceptors (Lipinski definition) is 6. The smallest absolute Gasteiger partial charge is 0.233 e. The fourth-order valence-corrected chi connectivity index (χ4v) is 10.2. The maximum absolute atomic E-state index is 14.5. The van der Waals surface area contributed by atoms with E-state index in [1.807, 2.05) is 19.9 Å². The van der Waals surface area contributed by atoms with E-state index in [0.717, 1.165) is 44.1 Å². The van der Waals surface area contributed by atoms with Crippen molar-refractivity contribution in [3.05, 3.63) is 46.6 Å². The van der Waals surface area contributed by atoms with Crippen molar-refractivity contribution in [1.82, 2.24) is 10.1 Å². The lowest BCUT2D eigenvalue weighted by Gasteiger charge is -2.68. The standard InChI is InChI=1S/C32H41N3O4/c1-18-34-26(39-35-18)32-13-11-27(2,3)16-19(32)24-21(36)15-23-28(4)17-20(33-8)25(37)31(7,38)22(28)9-10-29(23,5)30(24,6)12-14-32/h15,17,19,22,24,38H,9-14,16H2,1-7H3/t19-,22+,24-,28-,29+,30+,31-,32-/m0/s1. The van der Waals surface area contributed by atoms with E-state index in [1.54, 1.807) is 13.0 Å². The molecule has 0 unspecified atom stereocenters. The van der Waals surface area contributed by atoms with Crippen molar-refractivity contribution in [2.45, 2.75) is 104 Å². The van der Waals surface area contributed by atoms with Crippen LogP contribution in [-0.2, 0) is 15.0 Å². The number of aryl methyl sites for hydroxylation is 1. The fraction of sp³-hybridized carbons (Fsp3) is 0.719. The highest BCUT2D eigenvalue weighted by Gasteiger charge is 2.71. The molecule has 0 aliphatic heterocycles. The third-order valence-electron chi connectivity index (χ3n) is 12.5. The molecule has 6 rings (SSSR count). The molecule has 39 heavy (non-hydrogen) atoms. The van der Waals surface area contributed by atoms with E-state index >= 15 is 0 Å². The zero-order valence-electron chi connectivity index (χ0n) is 24.4. The fourth-order valence-electron chi connectivity index (χ4n) is 10.2. The number of nitrogens with zero attached hydrogens (tertiary/aromatic N) is 3. The first-order valence-electron chi connectivity index (χ1n) is 14.5. The summed E-state index contributed by atoms with van der Waals surface area (Å²) in [6, 6.07) is 0. The molecule has 7 nitrogen and oxygen atoms in total. The van der Waals surface area contributed by atoms with Crippen molar-refractivity contribution in [3.8, 4) is 0 Å². The van der Waals surface area contributed by atoms with Gasteiger partial charge in [-0.25, -0.2) is 4.85 Å². The molecule has 8 atom stereocenters. The molecular formula is C32H41N3O4. The number of aromatic nitrogens is 2. The monoisotopic (exact) mass is 531 g/mol. The Kier molecular flexibility index (Phi) is 5.31. The van der Waals surface area contributed by atoms with E-state index < -0.39 is 16.8 Å². The highest BCUT2D eigenvalue weighted by Crippen LogP contribution is 2.74. The number of carbonyl (C=O) groups excluding carboxylic acids is 2. The lowest BCUT2D eigenvalue weighted by atomic mass is 9.34. The molecule has 1 N–H and O–H groups in total. The average molecular weight is 532 g/mol. The van der Waals surface area contributed by atoms with Gasteiger partial charge in [-0.05, 0) is 87.0 Å². The van der Waals surface area contributed by atoms with Gasteiger partial charge in [0, 0.05) is 17.3 Å². The molecule has 0 saturated heterocycles. The van der Waals surface area contributed by atoms with Crippen LogP contribution < -0.4 is 0 Å². The summed E-state index contributed by atoms with van der Waals surface area (Å²) in [5.74, 6) is 0.458. The third-order valence-corrected chi connectivity index (χ3v) is 12.5. The Morgan fingerprint density at radius 2 is 1.74 bits per heavy atom. The normalized spacial score (nSPS) is 46.6. The van der Waals surface area contributed by atoms with E-state index in [2.05, 4.69) is 37.7 Å². The lowest BCUT2D eigenvalue weighted by molar-refractivity contribution is -0.167. The van der Waals surface area contributed by atoms with Gasteiger partial charge < -0.3 is 14.4 Å². The van der Waals surface area contributed by atoms with Crippen LogP contribution in [0, 0.1) is 52.9 Å². The second-order valence-corrected chi connectivity index (χ2v) is 15.0. The molecule has 0 aromatic carbocycles. The Bertz CT molecular complexity index is 1390. The molecule has 0 bridgehead atoms. The number of fused-ring (bicyclic) bond motifs is 7. The van der Waals surface area contributed by atoms with Gasteiger partial charge in [0.1, 0.15) is 5.60 Å². The van der Waals surface area contributed by atoms with Gasteiger partial charge >= 0.3 is 0 Å². The first kappa shape index (κ1) is 26.6. The Labute approximate surface area is 231 Å². The minimum atomic E-state index is -1.64. The van der Waals surface area contributed by atoms with E-state index in [0.29, 0.717) is 18.1 Å². The topological polar surface area (TPSA) is 97.7 Å². The maximum Gasteiger partial charge on any atom is 0.233 e. The summed E-state index contributed by atoms with van der Waals surface area (Å²) in [5.41, 5.74) is -2.28. The minimum Gasteiger partial charge on any atom is -0.383 e. The predicted octanol–water partition coefficient (Wildman–Crippen LogP) is 5.93. The molecule has 208 valence electrons. The van der Waals surface area contributed by atoms with Crippen molar-refractivity contribution in [1.29, 1.82) is 0 Å². The highest BCUT2D eigenvalue weighted by atomic mass is 16.5. The maximum atomic E-state index is 14.5. The number of ketones is 2. The minimum absolute atomic E-state index is 0.0212. The molecule has 1 aromatic heterocycles. The van der Waals surface area contributed by atoms with E-state index in [4.69, 9.17) is 16.1 Å². The van der Waals surface area contributed by atoms with Crippen LogP contribution in [0.5, 0.6) is 0 Å². The first-order chi connectivity index (χ1) is 18.1. The van der Waals surface area contributed by atoms with Gasteiger partial charge in [0.15, 0.2) is 17.4 Å². The van der Waals surface area contributed by atoms with Crippen LogP contribution in [0.2, 0.25) is 0 Å². The quantitative estimate of drug-likeness (QED) is 0.451. The van der Waals surface area contributed by atoms with Crippen molar-refractivity contribution >= 4 is 11.6 Å². The summed E-state index contributed by atoms with van der Waals surface area (Å²) in [6.07, 6.45) is 9.71. The lowest BCUT2D eigenvalue weighted by Crippen LogP contribution is -2.66. The summed E-state index contributed by atoms with van der Waals surface area (Å²) in [4.78, 5) is 35.8. The predicted molar refractivity (Wildman–Crippen MR) is 145 cm³/mol. The van der Waals surface area contributed by atoms with Crippen molar-refractivity contribution in [2.24, 2.45) is 39.4 Å². The number of Topliss-reactive ketones (excluding diaryl/α,β-unsaturated/α-hetero) is 1. The zero-order chi connectivity index (χ0) is 28.4. The zero-order valence-corrected chi connectivity index (χ0v) is 24.4. The summed E-state index contributed by atoms with van der Waals surface area (Å²) < 4.78 is 5.87. The highest BCUT2D eigenvalue weighted by molar-refractivity contribution is 6.05. The van der Waals surface area contributed by atoms with Crippen LogP contribution in [-0.4, -0.2) is 32.4 Å². The summed E-state index contributed by atoms with van der Waals surface area (Å²) in [6.45, 7) is 22.3. The largest absolute Gasteiger partial charge is 0.383 e. The van der Waals surface area contributed by atoms with Crippen molar-refractivity contribution in [3.63, 3.8) is 0 Å². The Morgan fingerprint density at radius 3 is 2.38 bits per heavy atom. The van der Waals surface area contributed by atoms with Gasteiger partial charge in [0.05, 0.1) is 12.0 Å². The van der Waals surface area contributed by atoms with Gasteiger partial charge in [-0.15, -0.1) is 0 Å². The first-order valence-corrected chi connectivity index (χ1v) is 14.5. The molecule has 0 spiro atoms. The summed E-state index contributed by atoms with van der Waals surface area (Å²) in [5, 5.41) is 15.6. The number of aliphatic hydroxyl groups is 1. The third kappa shape index (κ3) is 3.18. The number of hydrogen-bond donors (Lipinski definition) is 1. The van der Waals surface area contributed by atoms with Crippen molar-refractivity contribution < 1.29 is 19.2 Å². The Balaban J connectivity index is 1.54. The molecule has 3 fully saturated rings. The number of carbonyl (C=O) groups is 2. The molecule has 5 aliphatic carbocycles. The van der Waals surface area contributed by atoms with Gasteiger partial charge in [-0.2, -0.15) is 4.98 Å². The van der Waals surface area contributed by atoms with Gasteiger partial charge in [-0.3, -0.25) is 4.79 Å². The molecule has 0 amide bonds. The molecule has 7 heteroatoms. The van der Waals surface area contributed by atoms with Gasteiger partial charge in [0.25, 0.3) is 0 Å². The van der Waals surface area contributed by atoms with E-state index in [-0.39, 0.29) is 50.9 Å². The van der Waals surface area contributed by atoms with Crippen LogP contribution in [0.25, 0.3) is 4.85 Å². The van der Waals surface area contributed by atoms with E-state index in [1.165, 1.54) is 0 Å². The number of rotatable bonds is 1. The Morgan fingerprint density at radius 1 is 1.05 bits per heavy atom. The second-order valence-electron chi connectivity index (χ2n) is 15.0. The average Bonchev–Trinajstić information content (AvgIpc) is 3.29. The molecule has 1 aromatic rings. The summed E-state index contributed by atoms with van der Waals surface area (Å²) in [7, 11) is 0. The van der Waals surface area contributed by atoms with Crippen LogP contribution in [0.1, 0.15) is 98.2 Å². The Hall–Kier alpha value is -2.59. The number of allylic oxidation sites excluding steroid dienone is 3. The van der Waals surface area contributed by atoms with E-state index in [9.17, 15) is 14.7 Å². The van der Waals surface area contributed by atoms with Crippen LogP contribution in [0.3, 0.4) is 0 Å². The SMILES string of the molecule is [C-]#[N+]C1=C[C@]2(C)C3=CC(=O)[C@@H]4[C@@H]5CC(C)(C)CC[C@]5(c5nc(C)no5)CC[C@@]4(C)[C@]3(C)CC[C@H]2[C@](C)(O)C1=O. The van der Waals surface area contributed by atoms with Gasteiger partial charge in [-0.1, -0.05) is 51.4 Å². The molecule has 0 radical (unpaired) electrons. The molecule has 5 aliphatic rings. The summed E-state index contributed by atoms with van der Waals surface area (Å²) >= 11 is 0. The van der Waals surface area contributed by atoms with Gasteiger partial charge in [0.2, 0.25) is 11.6 Å². The molecule has 1 heterocycles. The molecule has 3 saturated carbocycles. The van der Waals surface area contributed by atoms with Crippen LogP contribution in [0.15, 0.2) is 27.9 Å². The second kappa shape index (κ2) is 7.78. The molecular weight excluding hydrogens is 490 g/mol.